The monoisotopic (exact) mass is 489 g/mol. The molecule has 0 saturated carbocycles. The Morgan fingerprint density at radius 3 is 2.46 bits per heavy atom. The van der Waals surface area contributed by atoms with Gasteiger partial charge in [0.1, 0.15) is 5.75 Å². The molecule has 1 aliphatic carbocycles. The summed E-state index contributed by atoms with van der Waals surface area (Å²) in [7, 11) is 3.64. The summed E-state index contributed by atoms with van der Waals surface area (Å²) in [6, 6.07) is 15.3. The van der Waals surface area contributed by atoms with Crippen LogP contribution >= 0.6 is 11.6 Å². The van der Waals surface area contributed by atoms with Crippen LogP contribution in [-0.2, 0) is 11.3 Å². The Bertz CT molecular complexity index is 1210. The van der Waals surface area contributed by atoms with Crippen LogP contribution < -0.4 is 10.5 Å². The smallest absolute Gasteiger partial charge is 0.162 e. The Morgan fingerprint density at radius 2 is 1.89 bits per heavy atom. The summed E-state index contributed by atoms with van der Waals surface area (Å²) in [6.45, 7) is 8.23. The number of likely N-dealkylation sites (N-methyl/N-ethyl adjacent to an activating group) is 1. The van der Waals surface area contributed by atoms with Gasteiger partial charge in [0, 0.05) is 41.2 Å². The van der Waals surface area contributed by atoms with E-state index in [4.69, 9.17) is 27.1 Å². The molecule has 0 aliphatic heterocycles. The van der Waals surface area contributed by atoms with Crippen LogP contribution in [0.15, 0.2) is 101 Å². The highest BCUT2D eigenvalue weighted by Gasteiger charge is 2.27. The van der Waals surface area contributed by atoms with Crippen LogP contribution in [0.3, 0.4) is 0 Å². The van der Waals surface area contributed by atoms with Crippen molar-refractivity contribution < 1.29 is 9.53 Å². The maximum atomic E-state index is 12.1. The van der Waals surface area contributed by atoms with E-state index >= 15 is 0 Å². The van der Waals surface area contributed by atoms with Gasteiger partial charge in [0.25, 0.3) is 0 Å². The fourth-order valence-electron chi connectivity index (χ4n) is 4.04. The predicted molar refractivity (Wildman–Crippen MR) is 145 cm³/mol. The zero-order valence-corrected chi connectivity index (χ0v) is 21.5. The molecule has 182 valence electrons. The second-order valence-electron chi connectivity index (χ2n) is 8.47. The van der Waals surface area contributed by atoms with E-state index in [1.807, 2.05) is 81.6 Å². The van der Waals surface area contributed by atoms with Crippen molar-refractivity contribution in [3.8, 4) is 5.75 Å². The Kier molecular flexibility index (Phi) is 8.72. The number of hydrogen-bond donors (Lipinski definition) is 1. The van der Waals surface area contributed by atoms with Crippen molar-refractivity contribution in [1.29, 1.82) is 0 Å². The van der Waals surface area contributed by atoms with Crippen molar-refractivity contribution in [3.63, 3.8) is 0 Å². The lowest BCUT2D eigenvalue weighted by Crippen LogP contribution is -2.30. The van der Waals surface area contributed by atoms with E-state index in [9.17, 15) is 4.79 Å². The molecule has 0 bridgehead atoms. The van der Waals surface area contributed by atoms with E-state index in [0.717, 1.165) is 39.4 Å². The molecule has 35 heavy (non-hydrogen) atoms. The lowest BCUT2D eigenvalue weighted by Gasteiger charge is -2.35. The molecule has 0 aromatic heterocycles. The van der Waals surface area contributed by atoms with Crippen LogP contribution in [0.25, 0.3) is 0 Å². The molecule has 0 saturated heterocycles. The Balaban J connectivity index is 2.06. The van der Waals surface area contributed by atoms with Crippen molar-refractivity contribution in [2.75, 3.05) is 14.2 Å². The van der Waals surface area contributed by atoms with E-state index in [-0.39, 0.29) is 11.8 Å². The minimum absolute atomic E-state index is 0.129. The first-order valence-electron chi connectivity index (χ1n) is 11.4. The average Bonchev–Trinajstić information content (AvgIpc) is 2.87. The number of hydrogen-bond acceptors (Lipinski definition) is 5. The van der Waals surface area contributed by atoms with Crippen LogP contribution in [0.1, 0.15) is 37.4 Å². The highest BCUT2D eigenvalue weighted by Crippen LogP contribution is 2.35. The van der Waals surface area contributed by atoms with Gasteiger partial charge in [-0.15, -0.1) is 0 Å². The minimum Gasteiger partial charge on any atom is -0.497 e. The van der Waals surface area contributed by atoms with Crippen molar-refractivity contribution in [2.45, 2.75) is 32.9 Å². The number of nitrogens with zero attached hydrogens (tertiary/aromatic N) is 2. The van der Waals surface area contributed by atoms with Crippen LogP contribution in [0.2, 0.25) is 5.02 Å². The topological polar surface area (TPSA) is 67.9 Å². The summed E-state index contributed by atoms with van der Waals surface area (Å²) in [5, 5.41) is 0.653. The van der Waals surface area contributed by atoms with Gasteiger partial charge >= 0.3 is 0 Å². The normalized spacial score (nSPS) is 15.6. The number of benzene rings is 2. The molecule has 2 N–H and O–H groups in total. The number of ether oxygens (including phenoxy) is 1. The van der Waals surface area contributed by atoms with Gasteiger partial charge < -0.3 is 15.4 Å². The lowest BCUT2D eigenvalue weighted by atomic mass is 9.91. The summed E-state index contributed by atoms with van der Waals surface area (Å²) >= 11 is 6.19. The molecule has 0 heterocycles. The summed E-state index contributed by atoms with van der Waals surface area (Å²) in [5.41, 5.74) is 12.5. The SMILES string of the molecule is C=CC(N)=C(C(C)=NCc1ccc(OC)cc1)C(c1ccc(Cl)cc1)N(C)C1=CCC(=O)C(C)=C1. The minimum atomic E-state index is -0.270. The summed E-state index contributed by atoms with van der Waals surface area (Å²) in [5.74, 6) is 0.932. The van der Waals surface area contributed by atoms with Crippen molar-refractivity contribution in [1.82, 2.24) is 4.90 Å². The zero-order chi connectivity index (χ0) is 25.5. The molecule has 1 atom stereocenters. The molecular weight excluding hydrogens is 458 g/mol. The fourth-order valence-corrected chi connectivity index (χ4v) is 4.17. The quantitative estimate of drug-likeness (QED) is 0.337. The van der Waals surface area contributed by atoms with Crippen LogP contribution in [0, 0.1) is 0 Å². The van der Waals surface area contributed by atoms with Gasteiger partial charge in [-0.1, -0.05) is 48.5 Å². The second kappa shape index (κ2) is 11.7. The number of Topliss-reactive ketones (excluding diaryl/α,β-unsaturated/α-hetero) is 1. The molecule has 2 aromatic carbocycles. The van der Waals surface area contributed by atoms with E-state index in [1.165, 1.54) is 0 Å². The molecule has 0 spiro atoms. The Labute approximate surface area is 213 Å². The molecule has 1 unspecified atom stereocenters. The second-order valence-corrected chi connectivity index (χ2v) is 8.91. The fraction of sp³-hybridized carbons (Fsp3) is 0.241. The van der Waals surface area contributed by atoms with Crippen molar-refractivity contribution in [3.05, 3.63) is 112 Å². The zero-order valence-electron chi connectivity index (χ0n) is 20.7. The third-order valence-corrected chi connectivity index (χ3v) is 6.39. The average molecular weight is 490 g/mol. The summed E-state index contributed by atoms with van der Waals surface area (Å²) < 4.78 is 5.25. The predicted octanol–water partition coefficient (Wildman–Crippen LogP) is 6.18. The number of ketones is 1. The Morgan fingerprint density at radius 1 is 1.23 bits per heavy atom. The number of carbonyl (C=O) groups is 1. The number of methoxy groups -OCH3 is 1. The number of carbonyl (C=O) groups excluding carboxylic acids is 1. The van der Waals surface area contributed by atoms with Gasteiger partial charge in [-0.25, -0.2) is 0 Å². The molecule has 3 rings (SSSR count). The molecule has 6 heteroatoms. The summed E-state index contributed by atoms with van der Waals surface area (Å²) in [4.78, 5) is 19.1. The van der Waals surface area contributed by atoms with Crippen LogP contribution in [0.4, 0.5) is 0 Å². The molecule has 0 fully saturated rings. The molecule has 0 amide bonds. The van der Waals surface area contributed by atoms with Crippen molar-refractivity contribution in [2.24, 2.45) is 10.7 Å². The third kappa shape index (κ3) is 6.31. The maximum Gasteiger partial charge on any atom is 0.162 e. The molecule has 0 radical (unpaired) electrons. The number of aliphatic imine (C=N–C) groups is 1. The maximum absolute atomic E-state index is 12.1. The van der Waals surface area contributed by atoms with Gasteiger partial charge in [-0.3, -0.25) is 9.79 Å². The van der Waals surface area contributed by atoms with Crippen LogP contribution in [0.5, 0.6) is 5.75 Å². The number of rotatable bonds is 9. The number of nitrogens with two attached hydrogens (primary N) is 1. The first-order chi connectivity index (χ1) is 16.7. The first-order valence-corrected chi connectivity index (χ1v) is 11.8. The van der Waals surface area contributed by atoms with Gasteiger partial charge in [-0.2, -0.15) is 0 Å². The molecule has 5 nitrogen and oxygen atoms in total. The standard InChI is InChI=1S/C29H32ClN3O2/c1-6-26(31)28(20(3)32-18-21-7-14-25(35-5)15-8-21)29(22-9-11-23(30)12-10-22)33(4)24-13-16-27(34)19(2)17-24/h6-15,17,29H,1,16,18,31H2,2-5H3. The van der Waals surface area contributed by atoms with E-state index in [0.29, 0.717) is 23.7 Å². The highest BCUT2D eigenvalue weighted by atomic mass is 35.5. The summed E-state index contributed by atoms with van der Waals surface area (Å²) in [6.07, 6.45) is 5.89. The van der Waals surface area contributed by atoms with E-state index in [1.54, 1.807) is 13.2 Å². The van der Waals surface area contributed by atoms with Gasteiger partial charge in [-0.05, 0) is 67.0 Å². The molecular formula is C29H32ClN3O2. The van der Waals surface area contributed by atoms with E-state index < -0.39 is 0 Å². The van der Waals surface area contributed by atoms with E-state index in [2.05, 4.69) is 11.5 Å². The third-order valence-electron chi connectivity index (χ3n) is 6.13. The van der Waals surface area contributed by atoms with Crippen LogP contribution in [-0.4, -0.2) is 30.6 Å². The number of halogens is 1. The molecule has 1 aliphatic rings. The largest absolute Gasteiger partial charge is 0.497 e. The van der Waals surface area contributed by atoms with Gasteiger partial charge in [0.05, 0.1) is 19.7 Å². The number of allylic oxidation sites excluding steroid dienone is 4. The first kappa shape index (κ1) is 26.0. The van der Waals surface area contributed by atoms with Gasteiger partial charge in [0.15, 0.2) is 5.78 Å². The van der Waals surface area contributed by atoms with Gasteiger partial charge in [0.2, 0.25) is 0 Å². The Hall–Kier alpha value is -3.57. The highest BCUT2D eigenvalue weighted by molar-refractivity contribution is 6.30. The van der Waals surface area contributed by atoms with Crippen molar-refractivity contribution >= 4 is 23.1 Å². The lowest BCUT2D eigenvalue weighted by molar-refractivity contribution is -0.114. The molecule has 2 aromatic rings.